The van der Waals surface area contributed by atoms with Crippen molar-refractivity contribution >= 4 is 17.5 Å². The molecule has 0 fully saturated rings. The number of thioether (sulfide) groups is 1. The van der Waals surface area contributed by atoms with Crippen LogP contribution in [0.2, 0.25) is 0 Å². The molecule has 1 rings (SSSR count). The van der Waals surface area contributed by atoms with Gasteiger partial charge in [-0.2, -0.15) is 13.2 Å². The Balaban J connectivity index is 2.56. The van der Waals surface area contributed by atoms with Gasteiger partial charge < -0.3 is 0 Å². The second-order valence-electron chi connectivity index (χ2n) is 4.20. The number of rotatable bonds is 5. The summed E-state index contributed by atoms with van der Waals surface area (Å²) >= 11 is 1.48. The molecule has 0 saturated heterocycles. The van der Waals surface area contributed by atoms with E-state index in [1.54, 1.807) is 6.08 Å². The number of carbonyl (C=O) groups is 1. The van der Waals surface area contributed by atoms with Crippen LogP contribution in [-0.4, -0.2) is 11.0 Å². The minimum absolute atomic E-state index is 0.00766. The summed E-state index contributed by atoms with van der Waals surface area (Å²) in [5, 5.41) is 0.201. The van der Waals surface area contributed by atoms with E-state index in [4.69, 9.17) is 0 Å². The first kappa shape index (κ1) is 15.8. The molecular formula is C14H15F3OS. The average molecular weight is 288 g/mol. The van der Waals surface area contributed by atoms with Crippen LogP contribution in [0.5, 0.6) is 0 Å². The van der Waals surface area contributed by atoms with Crippen molar-refractivity contribution in [2.24, 2.45) is 0 Å². The topological polar surface area (TPSA) is 17.1 Å². The van der Waals surface area contributed by atoms with E-state index < -0.39 is 11.7 Å². The van der Waals surface area contributed by atoms with Crippen molar-refractivity contribution in [1.82, 2.24) is 0 Å². The number of allylic oxidation sites excluding steroid dienone is 2. The van der Waals surface area contributed by atoms with Crippen LogP contribution >= 0.6 is 11.8 Å². The van der Waals surface area contributed by atoms with Gasteiger partial charge in [0.2, 0.25) is 0 Å². The predicted molar refractivity (Wildman–Crippen MR) is 71.2 cm³/mol. The molecule has 0 aliphatic rings. The number of carbonyl (C=O) groups excluding carboxylic acids is 1. The molecule has 0 N–H and O–H groups in total. The molecule has 1 unspecified atom stereocenters. The first-order chi connectivity index (χ1) is 8.79. The quantitative estimate of drug-likeness (QED) is 0.576. The number of benzene rings is 1. The van der Waals surface area contributed by atoms with Gasteiger partial charge in [0.1, 0.15) is 0 Å². The standard InChI is InChI=1S/C14H15F3OS/c1-10(18)4-3-5-11(2)19-13-8-6-12(7-9-13)14(15,16)17/h3-4,6-9,11H,5H2,1-2H3. The number of hydrogen-bond donors (Lipinski definition) is 0. The molecule has 1 nitrogen and oxygen atoms in total. The fourth-order valence-electron chi connectivity index (χ4n) is 1.43. The summed E-state index contributed by atoms with van der Waals surface area (Å²) in [4.78, 5) is 11.5. The summed E-state index contributed by atoms with van der Waals surface area (Å²) < 4.78 is 37.1. The molecule has 1 atom stereocenters. The van der Waals surface area contributed by atoms with E-state index in [0.717, 1.165) is 17.0 Å². The maximum atomic E-state index is 12.4. The average Bonchev–Trinajstić information content (AvgIpc) is 2.27. The highest BCUT2D eigenvalue weighted by molar-refractivity contribution is 7.99. The summed E-state index contributed by atoms with van der Waals surface area (Å²) in [5.74, 6) is -0.00766. The predicted octanol–water partition coefficient (Wildman–Crippen LogP) is 4.72. The molecule has 0 radical (unpaired) electrons. The van der Waals surface area contributed by atoms with Crippen LogP contribution in [0, 0.1) is 0 Å². The molecule has 1 aromatic carbocycles. The molecule has 0 aliphatic heterocycles. The highest BCUT2D eigenvalue weighted by atomic mass is 32.2. The van der Waals surface area contributed by atoms with E-state index in [0.29, 0.717) is 6.42 Å². The van der Waals surface area contributed by atoms with Crippen molar-refractivity contribution < 1.29 is 18.0 Å². The molecule has 0 heterocycles. The Morgan fingerprint density at radius 2 is 1.89 bits per heavy atom. The zero-order chi connectivity index (χ0) is 14.5. The van der Waals surface area contributed by atoms with E-state index in [-0.39, 0.29) is 11.0 Å². The Kier molecular flexibility index (Phi) is 5.66. The van der Waals surface area contributed by atoms with Crippen molar-refractivity contribution in [2.75, 3.05) is 0 Å². The van der Waals surface area contributed by atoms with Crippen LogP contribution in [-0.2, 0) is 11.0 Å². The van der Waals surface area contributed by atoms with Gasteiger partial charge in [0.15, 0.2) is 5.78 Å². The van der Waals surface area contributed by atoms with Crippen LogP contribution in [0.3, 0.4) is 0 Å². The van der Waals surface area contributed by atoms with Crippen LogP contribution in [0.1, 0.15) is 25.8 Å². The largest absolute Gasteiger partial charge is 0.416 e. The zero-order valence-corrected chi connectivity index (χ0v) is 11.5. The molecular weight excluding hydrogens is 273 g/mol. The van der Waals surface area contributed by atoms with E-state index in [9.17, 15) is 18.0 Å². The first-order valence-corrected chi connectivity index (χ1v) is 6.68. The van der Waals surface area contributed by atoms with Gasteiger partial charge in [-0.25, -0.2) is 0 Å². The van der Waals surface area contributed by atoms with Crippen molar-refractivity contribution in [3.63, 3.8) is 0 Å². The first-order valence-electron chi connectivity index (χ1n) is 5.80. The SMILES string of the molecule is CC(=O)C=CCC(C)Sc1ccc(C(F)(F)F)cc1. The lowest BCUT2D eigenvalue weighted by Crippen LogP contribution is -2.04. The third kappa shape index (κ3) is 5.96. The van der Waals surface area contributed by atoms with Gasteiger partial charge in [0.05, 0.1) is 5.56 Å². The van der Waals surface area contributed by atoms with E-state index >= 15 is 0 Å². The Hall–Kier alpha value is -1.23. The maximum absolute atomic E-state index is 12.4. The second-order valence-corrected chi connectivity index (χ2v) is 5.71. The van der Waals surface area contributed by atoms with Gasteiger partial charge in [0.25, 0.3) is 0 Å². The molecule has 0 bridgehead atoms. The Morgan fingerprint density at radius 1 is 1.32 bits per heavy atom. The molecule has 0 saturated carbocycles. The van der Waals surface area contributed by atoms with Crippen molar-refractivity contribution in [2.45, 2.75) is 36.6 Å². The van der Waals surface area contributed by atoms with E-state index in [1.807, 2.05) is 6.92 Å². The Morgan fingerprint density at radius 3 is 2.37 bits per heavy atom. The normalized spacial score (nSPS) is 13.7. The fourth-order valence-corrected chi connectivity index (χ4v) is 2.39. The summed E-state index contributed by atoms with van der Waals surface area (Å²) in [6.07, 6.45) is -0.307. The third-order valence-electron chi connectivity index (χ3n) is 2.34. The molecule has 104 valence electrons. The molecule has 5 heteroatoms. The third-order valence-corrected chi connectivity index (χ3v) is 3.48. The maximum Gasteiger partial charge on any atom is 0.416 e. The van der Waals surface area contributed by atoms with E-state index in [1.165, 1.54) is 36.9 Å². The summed E-state index contributed by atoms with van der Waals surface area (Å²) in [7, 11) is 0. The summed E-state index contributed by atoms with van der Waals surface area (Å²) in [5.41, 5.74) is -0.638. The van der Waals surface area contributed by atoms with Gasteiger partial charge in [0, 0.05) is 10.1 Å². The molecule has 19 heavy (non-hydrogen) atoms. The number of alkyl halides is 3. The molecule has 0 spiro atoms. The highest BCUT2D eigenvalue weighted by Gasteiger charge is 2.29. The minimum Gasteiger partial charge on any atom is -0.295 e. The van der Waals surface area contributed by atoms with Gasteiger partial charge in [-0.05, 0) is 43.7 Å². The van der Waals surface area contributed by atoms with Crippen molar-refractivity contribution in [1.29, 1.82) is 0 Å². The van der Waals surface area contributed by atoms with E-state index in [2.05, 4.69) is 0 Å². The van der Waals surface area contributed by atoms with Crippen LogP contribution in [0.4, 0.5) is 13.2 Å². The smallest absolute Gasteiger partial charge is 0.295 e. The van der Waals surface area contributed by atoms with Gasteiger partial charge in [-0.1, -0.05) is 13.0 Å². The van der Waals surface area contributed by atoms with Crippen LogP contribution in [0.15, 0.2) is 41.3 Å². The monoisotopic (exact) mass is 288 g/mol. The molecule has 0 aliphatic carbocycles. The number of ketones is 1. The molecule has 0 amide bonds. The number of halogens is 3. The molecule has 1 aromatic rings. The lowest BCUT2D eigenvalue weighted by atomic mass is 10.2. The van der Waals surface area contributed by atoms with Crippen LogP contribution < -0.4 is 0 Å². The van der Waals surface area contributed by atoms with Gasteiger partial charge in [-0.3, -0.25) is 4.79 Å². The van der Waals surface area contributed by atoms with Crippen LogP contribution in [0.25, 0.3) is 0 Å². The lowest BCUT2D eigenvalue weighted by Gasteiger charge is -2.10. The summed E-state index contributed by atoms with van der Waals surface area (Å²) in [6.45, 7) is 3.44. The fraction of sp³-hybridized carbons (Fsp3) is 0.357. The van der Waals surface area contributed by atoms with Crippen molar-refractivity contribution in [3.8, 4) is 0 Å². The summed E-state index contributed by atoms with van der Waals surface area (Å²) in [6, 6.07) is 5.11. The number of hydrogen-bond acceptors (Lipinski definition) is 2. The Labute approximate surface area is 114 Å². The lowest BCUT2D eigenvalue weighted by molar-refractivity contribution is -0.137. The highest BCUT2D eigenvalue weighted by Crippen LogP contribution is 2.32. The minimum atomic E-state index is -4.29. The molecule has 0 aromatic heterocycles. The van der Waals surface area contributed by atoms with Gasteiger partial charge in [-0.15, -0.1) is 11.8 Å². The van der Waals surface area contributed by atoms with Gasteiger partial charge >= 0.3 is 6.18 Å². The van der Waals surface area contributed by atoms with Crippen molar-refractivity contribution in [3.05, 3.63) is 42.0 Å². The second kappa shape index (κ2) is 6.80. The zero-order valence-electron chi connectivity index (χ0n) is 10.7. The Bertz CT molecular complexity index is 449.